The number of rotatable bonds is 7. The van der Waals surface area contributed by atoms with Crippen LogP contribution in [0.5, 0.6) is 11.5 Å². The molecule has 1 amide bonds. The van der Waals surface area contributed by atoms with Crippen molar-refractivity contribution in [3.8, 4) is 11.5 Å². The van der Waals surface area contributed by atoms with Crippen LogP contribution >= 0.6 is 0 Å². The van der Waals surface area contributed by atoms with Gasteiger partial charge in [-0.3, -0.25) is 9.10 Å². The molecule has 0 spiro atoms. The monoisotopic (exact) mass is 404 g/mol. The molecule has 0 saturated carbocycles. The van der Waals surface area contributed by atoms with Gasteiger partial charge in [-0.25, -0.2) is 8.42 Å². The Balaban J connectivity index is 1.70. The zero-order valence-electron chi connectivity index (χ0n) is 15.9. The van der Waals surface area contributed by atoms with Gasteiger partial charge in [-0.15, -0.1) is 0 Å². The fourth-order valence-electron chi connectivity index (χ4n) is 2.93. The standard InChI is InChI=1S/C20H24N2O5S/c1-3-26-16-11-9-15(10-12-16)13-21-20(23)19-14-22(28(24,25)4-2)17-7-5-6-8-18(17)27-19/h5-12,19H,3-4,13-14H2,1-2H3,(H,21,23). The third kappa shape index (κ3) is 4.39. The molecule has 150 valence electrons. The molecule has 28 heavy (non-hydrogen) atoms. The smallest absolute Gasteiger partial charge is 0.263 e. The Morgan fingerprint density at radius 3 is 2.57 bits per heavy atom. The number of benzene rings is 2. The Hall–Kier alpha value is -2.74. The second kappa shape index (κ2) is 8.52. The lowest BCUT2D eigenvalue weighted by Gasteiger charge is -2.34. The second-order valence-electron chi connectivity index (χ2n) is 6.30. The summed E-state index contributed by atoms with van der Waals surface area (Å²) in [5, 5.41) is 2.81. The molecule has 0 bridgehead atoms. The SMILES string of the molecule is CCOc1ccc(CNC(=O)C2CN(S(=O)(=O)CC)c3ccccc3O2)cc1. The van der Waals surface area contributed by atoms with Crippen LogP contribution in [0.3, 0.4) is 0 Å². The Bertz CT molecular complexity index is 928. The van der Waals surface area contributed by atoms with Crippen molar-refractivity contribution in [1.29, 1.82) is 0 Å². The summed E-state index contributed by atoms with van der Waals surface area (Å²) in [6.45, 7) is 4.34. The molecule has 7 nitrogen and oxygen atoms in total. The van der Waals surface area contributed by atoms with Crippen LogP contribution in [0.1, 0.15) is 19.4 Å². The Kier molecular flexibility index (Phi) is 6.08. The van der Waals surface area contributed by atoms with E-state index in [1.807, 2.05) is 31.2 Å². The van der Waals surface area contributed by atoms with Gasteiger partial charge < -0.3 is 14.8 Å². The molecule has 8 heteroatoms. The van der Waals surface area contributed by atoms with Gasteiger partial charge in [0.05, 0.1) is 24.6 Å². The number of fused-ring (bicyclic) bond motifs is 1. The lowest BCUT2D eigenvalue weighted by Crippen LogP contribution is -2.50. The van der Waals surface area contributed by atoms with E-state index in [0.29, 0.717) is 24.6 Å². The average molecular weight is 404 g/mol. The van der Waals surface area contributed by atoms with Crippen LogP contribution in [0.4, 0.5) is 5.69 Å². The molecule has 1 N–H and O–H groups in total. The number of hydrogen-bond donors (Lipinski definition) is 1. The number of nitrogens with one attached hydrogen (secondary N) is 1. The summed E-state index contributed by atoms with van der Waals surface area (Å²) in [7, 11) is -3.52. The van der Waals surface area contributed by atoms with E-state index < -0.39 is 16.1 Å². The molecule has 3 rings (SSSR count). The lowest BCUT2D eigenvalue weighted by molar-refractivity contribution is -0.127. The summed E-state index contributed by atoms with van der Waals surface area (Å²) >= 11 is 0. The number of ether oxygens (including phenoxy) is 2. The highest BCUT2D eigenvalue weighted by Gasteiger charge is 2.35. The molecule has 0 aliphatic carbocycles. The topological polar surface area (TPSA) is 84.9 Å². The number of anilines is 1. The summed E-state index contributed by atoms with van der Waals surface area (Å²) in [6.07, 6.45) is -0.918. The molecule has 0 radical (unpaired) electrons. The van der Waals surface area contributed by atoms with Gasteiger partial charge >= 0.3 is 0 Å². The number of carbonyl (C=O) groups excluding carboxylic acids is 1. The highest BCUT2D eigenvalue weighted by molar-refractivity contribution is 7.92. The van der Waals surface area contributed by atoms with Crippen LogP contribution in [0.15, 0.2) is 48.5 Å². The highest BCUT2D eigenvalue weighted by atomic mass is 32.2. The Morgan fingerprint density at radius 1 is 1.18 bits per heavy atom. The quantitative estimate of drug-likeness (QED) is 0.766. The maximum Gasteiger partial charge on any atom is 0.263 e. The first-order valence-corrected chi connectivity index (χ1v) is 10.8. The van der Waals surface area contributed by atoms with Crippen molar-refractivity contribution in [1.82, 2.24) is 5.32 Å². The van der Waals surface area contributed by atoms with Crippen LogP contribution in [0, 0.1) is 0 Å². The number of sulfonamides is 1. The largest absolute Gasteiger partial charge is 0.494 e. The van der Waals surface area contributed by atoms with Gasteiger partial charge in [0.25, 0.3) is 5.91 Å². The van der Waals surface area contributed by atoms with E-state index in [0.717, 1.165) is 11.3 Å². The molecule has 1 aliphatic heterocycles. The Morgan fingerprint density at radius 2 is 1.89 bits per heavy atom. The van der Waals surface area contributed by atoms with E-state index in [1.54, 1.807) is 31.2 Å². The lowest BCUT2D eigenvalue weighted by atomic mass is 10.2. The minimum Gasteiger partial charge on any atom is -0.494 e. The van der Waals surface area contributed by atoms with Crippen molar-refractivity contribution in [2.75, 3.05) is 23.2 Å². The Labute approximate surface area is 165 Å². The predicted octanol–water partition coefficient (Wildman–Crippen LogP) is 2.32. The van der Waals surface area contributed by atoms with Gasteiger partial charge in [-0.1, -0.05) is 24.3 Å². The van der Waals surface area contributed by atoms with Crippen molar-refractivity contribution in [2.24, 2.45) is 0 Å². The van der Waals surface area contributed by atoms with Crippen molar-refractivity contribution in [3.05, 3.63) is 54.1 Å². The summed E-state index contributed by atoms with van der Waals surface area (Å²) in [5.41, 5.74) is 1.37. The molecular weight excluding hydrogens is 380 g/mol. The summed E-state index contributed by atoms with van der Waals surface area (Å²) in [6, 6.07) is 14.3. The molecule has 1 heterocycles. The number of para-hydroxylation sites is 2. The minimum atomic E-state index is -3.52. The summed E-state index contributed by atoms with van der Waals surface area (Å²) in [4.78, 5) is 12.6. The van der Waals surface area contributed by atoms with Crippen molar-refractivity contribution >= 4 is 21.6 Å². The molecule has 1 atom stereocenters. The van der Waals surface area contributed by atoms with E-state index in [4.69, 9.17) is 9.47 Å². The van der Waals surface area contributed by atoms with Gasteiger partial charge in [0.15, 0.2) is 6.10 Å². The second-order valence-corrected chi connectivity index (χ2v) is 8.48. The predicted molar refractivity (Wildman–Crippen MR) is 107 cm³/mol. The van der Waals surface area contributed by atoms with Crippen LogP contribution in [0.2, 0.25) is 0 Å². The van der Waals surface area contributed by atoms with E-state index in [1.165, 1.54) is 4.31 Å². The number of amides is 1. The van der Waals surface area contributed by atoms with Gasteiger partial charge in [-0.05, 0) is 43.7 Å². The van der Waals surface area contributed by atoms with Gasteiger partial charge in [0.2, 0.25) is 10.0 Å². The van der Waals surface area contributed by atoms with Crippen LogP contribution in [-0.2, 0) is 21.4 Å². The molecule has 1 aliphatic rings. The first-order chi connectivity index (χ1) is 13.4. The molecule has 0 saturated heterocycles. The highest BCUT2D eigenvalue weighted by Crippen LogP contribution is 2.35. The number of carbonyl (C=O) groups is 1. The molecule has 2 aromatic carbocycles. The van der Waals surface area contributed by atoms with E-state index in [-0.39, 0.29) is 18.2 Å². The van der Waals surface area contributed by atoms with Crippen LogP contribution in [0.25, 0.3) is 0 Å². The van der Waals surface area contributed by atoms with Crippen LogP contribution in [-0.4, -0.2) is 39.3 Å². The third-order valence-corrected chi connectivity index (χ3v) is 6.18. The van der Waals surface area contributed by atoms with Gasteiger partial charge in [0, 0.05) is 6.54 Å². The van der Waals surface area contributed by atoms with Crippen molar-refractivity contribution < 1.29 is 22.7 Å². The van der Waals surface area contributed by atoms with Crippen molar-refractivity contribution in [2.45, 2.75) is 26.5 Å². The maximum absolute atomic E-state index is 12.6. The van der Waals surface area contributed by atoms with Crippen LogP contribution < -0.4 is 19.1 Å². The normalized spacial score (nSPS) is 16.1. The fourth-order valence-corrected chi connectivity index (χ4v) is 4.06. The van der Waals surface area contributed by atoms with E-state index in [2.05, 4.69) is 5.32 Å². The zero-order valence-corrected chi connectivity index (χ0v) is 16.7. The van der Waals surface area contributed by atoms with Crippen molar-refractivity contribution in [3.63, 3.8) is 0 Å². The maximum atomic E-state index is 12.6. The molecule has 0 aromatic heterocycles. The number of nitrogens with zero attached hydrogens (tertiary/aromatic N) is 1. The number of hydrogen-bond acceptors (Lipinski definition) is 5. The first-order valence-electron chi connectivity index (χ1n) is 9.20. The third-order valence-electron chi connectivity index (χ3n) is 4.43. The summed E-state index contributed by atoms with van der Waals surface area (Å²) in [5.74, 6) is 0.735. The first kappa shape index (κ1) is 20.0. The molecule has 2 aromatic rings. The van der Waals surface area contributed by atoms with E-state index in [9.17, 15) is 13.2 Å². The summed E-state index contributed by atoms with van der Waals surface area (Å²) < 4.78 is 37.4. The zero-order chi connectivity index (χ0) is 20.1. The molecular formula is C20H24N2O5S. The molecule has 0 fully saturated rings. The van der Waals surface area contributed by atoms with Gasteiger partial charge in [-0.2, -0.15) is 0 Å². The molecule has 1 unspecified atom stereocenters. The van der Waals surface area contributed by atoms with E-state index >= 15 is 0 Å². The minimum absolute atomic E-state index is 0.0533. The van der Waals surface area contributed by atoms with Gasteiger partial charge in [0.1, 0.15) is 11.5 Å². The average Bonchev–Trinajstić information content (AvgIpc) is 2.72. The fraction of sp³-hybridized carbons (Fsp3) is 0.350.